The van der Waals surface area contributed by atoms with Crippen LogP contribution in [-0.2, 0) is 21.3 Å². The van der Waals surface area contributed by atoms with Gasteiger partial charge in [0.15, 0.2) is 0 Å². The van der Waals surface area contributed by atoms with E-state index >= 15 is 0 Å². The summed E-state index contributed by atoms with van der Waals surface area (Å²) in [5.74, 6) is 0.845. The Morgan fingerprint density at radius 2 is 2.10 bits per heavy atom. The van der Waals surface area contributed by atoms with Crippen LogP contribution in [0.4, 0.5) is 0 Å². The average molecular weight is 317 g/mol. The van der Waals surface area contributed by atoms with Crippen LogP contribution < -0.4 is 10.5 Å². The quantitative estimate of drug-likeness (QED) is 0.690. The van der Waals surface area contributed by atoms with E-state index in [0.717, 1.165) is 39.3 Å². The highest BCUT2D eigenvalue weighted by Crippen LogP contribution is 2.19. The topological polar surface area (TPSA) is 97.8 Å². The summed E-state index contributed by atoms with van der Waals surface area (Å²) in [4.78, 5) is 2.45. The number of rotatable bonds is 7. The van der Waals surface area contributed by atoms with Crippen molar-refractivity contribution in [2.24, 2.45) is 5.73 Å². The van der Waals surface area contributed by atoms with Gasteiger partial charge in [0.2, 0.25) is 10.0 Å². The molecule has 0 aliphatic carbocycles. The first-order valence-electron chi connectivity index (χ1n) is 7.12. The molecule has 1 aliphatic heterocycles. The zero-order chi connectivity index (χ0) is 15.3. The number of nitrogens with two attached hydrogens (primary N) is 1. The van der Waals surface area contributed by atoms with Crippen molar-refractivity contribution in [2.75, 3.05) is 39.4 Å². The number of sulfonamides is 1. The zero-order valence-electron chi connectivity index (χ0n) is 12.3. The van der Waals surface area contributed by atoms with E-state index in [1.807, 2.05) is 0 Å². The molecule has 0 radical (unpaired) electrons. The van der Waals surface area contributed by atoms with Crippen molar-refractivity contribution < 1.29 is 17.6 Å². The Labute approximate surface area is 125 Å². The van der Waals surface area contributed by atoms with Gasteiger partial charge in [-0.1, -0.05) is 0 Å². The number of ether oxygens (including phenoxy) is 1. The zero-order valence-corrected chi connectivity index (χ0v) is 13.1. The van der Waals surface area contributed by atoms with Crippen LogP contribution in [0, 0.1) is 6.92 Å². The Balaban J connectivity index is 1.82. The molecule has 1 aromatic rings. The third-order valence-corrected chi connectivity index (χ3v) is 5.03. The number of aryl methyl sites for hydroxylation is 1. The second-order valence-electron chi connectivity index (χ2n) is 5.04. The van der Waals surface area contributed by atoms with Gasteiger partial charge in [-0.2, -0.15) is 0 Å². The third-order valence-electron chi connectivity index (χ3n) is 3.46. The molecule has 0 amide bonds. The third kappa shape index (κ3) is 4.52. The Morgan fingerprint density at radius 3 is 2.71 bits per heavy atom. The molecule has 1 aliphatic rings. The summed E-state index contributed by atoms with van der Waals surface area (Å²) in [5.41, 5.74) is 5.45. The molecule has 2 heterocycles. The first-order chi connectivity index (χ1) is 10.0. The molecule has 0 atom stereocenters. The molecule has 0 saturated carbocycles. The largest absolute Gasteiger partial charge is 0.464 e. The molecule has 2 rings (SSSR count). The maximum Gasteiger partial charge on any atom is 0.244 e. The van der Waals surface area contributed by atoms with Crippen LogP contribution in [0.1, 0.15) is 17.9 Å². The predicted octanol–water partition coefficient (Wildman–Crippen LogP) is 0.0473. The van der Waals surface area contributed by atoms with E-state index in [0.29, 0.717) is 18.1 Å². The molecule has 120 valence electrons. The van der Waals surface area contributed by atoms with Gasteiger partial charge in [-0.05, 0) is 19.9 Å². The standard InChI is InChI=1S/C13H23N3O4S/c1-11-13(9-12(10-14)20-11)21(17,18)15-3-2-4-16-5-7-19-8-6-16/h9,15H,2-8,10,14H2,1H3. The number of morpholine rings is 1. The van der Waals surface area contributed by atoms with Gasteiger partial charge in [0.1, 0.15) is 16.4 Å². The van der Waals surface area contributed by atoms with E-state index in [-0.39, 0.29) is 11.4 Å². The average Bonchev–Trinajstić information content (AvgIpc) is 2.87. The van der Waals surface area contributed by atoms with E-state index < -0.39 is 10.0 Å². The van der Waals surface area contributed by atoms with Crippen molar-refractivity contribution in [1.82, 2.24) is 9.62 Å². The lowest BCUT2D eigenvalue weighted by molar-refractivity contribution is 0.0376. The summed E-state index contributed by atoms with van der Waals surface area (Å²) in [6.07, 6.45) is 0.764. The summed E-state index contributed by atoms with van der Waals surface area (Å²) in [6.45, 7) is 6.41. The summed E-state index contributed by atoms with van der Waals surface area (Å²) in [5, 5.41) is 0. The molecule has 0 aromatic carbocycles. The molecule has 21 heavy (non-hydrogen) atoms. The highest BCUT2D eigenvalue weighted by Gasteiger charge is 2.20. The van der Waals surface area contributed by atoms with Gasteiger partial charge in [0.05, 0.1) is 19.8 Å². The van der Waals surface area contributed by atoms with Crippen LogP contribution >= 0.6 is 0 Å². The Morgan fingerprint density at radius 1 is 1.38 bits per heavy atom. The highest BCUT2D eigenvalue weighted by molar-refractivity contribution is 7.89. The van der Waals surface area contributed by atoms with Crippen molar-refractivity contribution in [3.8, 4) is 0 Å². The first kappa shape index (κ1) is 16.4. The Bertz CT molecular complexity index is 550. The first-order valence-corrected chi connectivity index (χ1v) is 8.60. The number of hydrogen-bond donors (Lipinski definition) is 2. The second-order valence-corrected chi connectivity index (χ2v) is 6.78. The summed E-state index contributed by atoms with van der Waals surface area (Å²) in [6, 6.07) is 1.49. The maximum atomic E-state index is 12.2. The maximum absolute atomic E-state index is 12.2. The molecule has 0 spiro atoms. The molecule has 7 nitrogen and oxygen atoms in total. The van der Waals surface area contributed by atoms with Gasteiger partial charge in [-0.3, -0.25) is 4.90 Å². The fourth-order valence-corrected chi connectivity index (χ4v) is 3.58. The fraction of sp³-hybridized carbons (Fsp3) is 0.692. The monoisotopic (exact) mass is 317 g/mol. The summed E-state index contributed by atoms with van der Waals surface area (Å²) < 4.78 is 37.5. The molecule has 0 unspecified atom stereocenters. The molecular formula is C13H23N3O4S. The van der Waals surface area contributed by atoms with Crippen molar-refractivity contribution in [1.29, 1.82) is 0 Å². The molecule has 1 saturated heterocycles. The number of nitrogens with one attached hydrogen (secondary N) is 1. The minimum atomic E-state index is -3.53. The van der Waals surface area contributed by atoms with Crippen molar-refractivity contribution in [3.05, 3.63) is 17.6 Å². The molecule has 1 fully saturated rings. The van der Waals surface area contributed by atoms with Gasteiger partial charge in [-0.25, -0.2) is 13.1 Å². The van der Waals surface area contributed by atoms with Crippen LogP contribution in [0.3, 0.4) is 0 Å². The minimum Gasteiger partial charge on any atom is -0.464 e. The molecule has 0 bridgehead atoms. The van der Waals surface area contributed by atoms with Crippen molar-refractivity contribution in [2.45, 2.75) is 24.8 Å². The van der Waals surface area contributed by atoms with Gasteiger partial charge < -0.3 is 14.9 Å². The van der Waals surface area contributed by atoms with Gasteiger partial charge in [0.25, 0.3) is 0 Å². The number of hydrogen-bond acceptors (Lipinski definition) is 6. The smallest absolute Gasteiger partial charge is 0.244 e. The second kappa shape index (κ2) is 7.37. The minimum absolute atomic E-state index is 0.175. The normalized spacial score (nSPS) is 17.2. The van der Waals surface area contributed by atoms with E-state index in [2.05, 4.69) is 9.62 Å². The van der Waals surface area contributed by atoms with Crippen LogP contribution in [0.5, 0.6) is 0 Å². The fourth-order valence-electron chi connectivity index (χ4n) is 2.30. The lowest BCUT2D eigenvalue weighted by atomic mass is 10.3. The highest BCUT2D eigenvalue weighted by atomic mass is 32.2. The van der Waals surface area contributed by atoms with Crippen LogP contribution in [0.2, 0.25) is 0 Å². The Hall–Kier alpha value is -0.930. The Kier molecular flexibility index (Phi) is 5.77. The summed E-state index contributed by atoms with van der Waals surface area (Å²) >= 11 is 0. The lowest BCUT2D eigenvalue weighted by Crippen LogP contribution is -2.38. The molecular weight excluding hydrogens is 294 g/mol. The van der Waals surface area contributed by atoms with Crippen LogP contribution in [0.15, 0.2) is 15.4 Å². The molecule has 1 aromatic heterocycles. The van der Waals surface area contributed by atoms with E-state index in [1.165, 1.54) is 6.07 Å². The molecule has 8 heteroatoms. The number of nitrogens with zero attached hydrogens (tertiary/aromatic N) is 1. The van der Waals surface area contributed by atoms with Crippen molar-refractivity contribution in [3.63, 3.8) is 0 Å². The molecule has 3 N–H and O–H groups in total. The van der Waals surface area contributed by atoms with Crippen LogP contribution in [0.25, 0.3) is 0 Å². The van der Waals surface area contributed by atoms with E-state index in [4.69, 9.17) is 14.9 Å². The number of furan rings is 1. The SMILES string of the molecule is Cc1oc(CN)cc1S(=O)(=O)NCCCN1CCOCC1. The predicted molar refractivity (Wildman–Crippen MR) is 78.4 cm³/mol. The van der Waals surface area contributed by atoms with Gasteiger partial charge in [-0.15, -0.1) is 0 Å². The van der Waals surface area contributed by atoms with Crippen molar-refractivity contribution >= 4 is 10.0 Å². The lowest BCUT2D eigenvalue weighted by Gasteiger charge is -2.26. The van der Waals surface area contributed by atoms with Crippen LogP contribution in [-0.4, -0.2) is 52.7 Å². The van der Waals surface area contributed by atoms with E-state index in [1.54, 1.807) is 6.92 Å². The van der Waals surface area contributed by atoms with E-state index in [9.17, 15) is 8.42 Å². The summed E-state index contributed by atoms with van der Waals surface area (Å²) in [7, 11) is -3.53. The van der Waals surface area contributed by atoms with Gasteiger partial charge >= 0.3 is 0 Å². The van der Waals surface area contributed by atoms with Gasteiger partial charge in [0, 0.05) is 25.7 Å².